The second-order valence-electron chi connectivity index (χ2n) is 5.58. The highest BCUT2D eigenvalue weighted by atomic mass is 32.1. The van der Waals surface area contributed by atoms with Crippen molar-refractivity contribution in [1.29, 1.82) is 0 Å². The molecule has 128 valence electrons. The zero-order valence-electron chi connectivity index (χ0n) is 13.4. The van der Waals surface area contributed by atoms with Crippen LogP contribution in [0, 0.1) is 17.0 Å². The van der Waals surface area contributed by atoms with Crippen molar-refractivity contribution in [3.63, 3.8) is 0 Å². The quantitative estimate of drug-likeness (QED) is 0.306. The summed E-state index contributed by atoms with van der Waals surface area (Å²) in [5, 5.41) is 19.1. The molecule has 1 aliphatic rings. The molecule has 0 unspecified atom stereocenters. The van der Waals surface area contributed by atoms with Gasteiger partial charge >= 0.3 is 0 Å². The second-order valence-corrected chi connectivity index (χ2v) is 6.64. The zero-order valence-corrected chi connectivity index (χ0v) is 14.2. The molecule has 8 nitrogen and oxygen atoms in total. The maximum atomic E-state index is 12.7. The first-order chi connectivity index (χ1) is 12.5. The lowest BCUT2D eigenvalue weighted by Gasteiger charge is -2.22. The molecule has 1 aromatic heterocycles. The molecule has 0 bridgehead atoms. The van der Waals surface area contributed by atoms with E-state index in [-0.39, 0.29) is 27.6 Å². The SMILES string of the molecule is Cc1nc(/C=N\N2C(=O)c3cccc4c([N+](=O)[O-])ccc(c34)C2=O)cs1. The van der Waals surface area contributed by atoms with Gasteiger partial charge in [0.15, 0.2) is 0 Å². The molecule has 1 aliphatic heterocycles. The largest absolute Gasteiger partial charge is 0.282 e. The van der Waals surface area contributed by atoms with Crippen molar-refractivity contribution in [3.8, 4) is 0 Å². The van der Waals surface area contributed by atoms with Crippen molar-refractivity contribution < 1.29 is 14.5 Å². The van der Waals surface area contributed by atoms with E-state index < -0.39 is 16.7 Å². The van der Waals surface area contributed by atoms with E-state index >= 15 is 0 Å². The molecule has 3 aromatic rings. The molecule has 0 spiro atoms. The first-order valence-electron chi connectivity index (χ1n) is 7.52. The third-order valence-electron chi connectivity index (χ3n) is 4.00. The summed E-state index contributed by atoms with van der Waals surface area (Å²) in [6.07, 6.45) is 1.34. The van der Waals surface area contributed by atoms with Gasteiger partial charge in [-0.25, -0.2) is 4.98 Å². The first-order valence-corrected chi connectivity index (χ1v) is 8.40. The number of carbonyl (C=O) groups excluding carboxylic acids is 2. The highest BCUT2D eigenvalue weighted by Gasteiger charge is 2.34. The van der Waals surface area contributed by atoms with Crippen LogP contribution in [0.2, 0.25) is 0 Å². The summed E-state index contributed by atoms with van der Waals surface area (Å²) in [4.78, 5) is 40.3. The predicted molar refractivity (Wildman–Crippen MR) is 95.5 cm³/mol. The number of thiazole rings is 1. The number of aromatic nitrogens is 1. The van der Waals surface area contributed by atoms with Gasteiger partial charge in [-0.3, -0.25) is 19.7 Å². The summed E-state index contributed by atoms with van der Waals surface area (Å²) in [5.41, 5.74) is 0.793. The summed E-state index contributed by atoms with van der Waals surface area (Å²) >= 11 is 1.43. The normalized spacial score (nSPS) is 13.8. The minimum atomic E-state index is -0.628. The molecule has 26 heavy (non-hydrogen) atoms. The number of hydrogen-bond donors (Lipinski definition) is 0. The predicted octanol–water partition coefficient (Wildman–Crippen LogP) is 3.14. The lowest BCUT2D eigenvalue weighted by atomic mass is 9.94. The Morgan fingerprint density at radius 2 is 1.92 bits per heavy atom. The molecule has 0 atom stereocenters. The number of benzene rings is 2. The van der Waals surface area contributed by atoms with Crippen molar-refractivity contribution in [2.75, 3.05) is 0 Å². The van der Waals surface area contributed by atoms with Crippen LogP contribution in [0.15, 0.2) is 40.8 Å². The van der Waals surface area contributed by atoms with Gasteiger partial charge in [0.1, 0.15) is 0 Å². The Labute approximate surface area is 150 Å². The Morgan fingerprint density at radius 3 is 2.58 bits per heavy atom. The first kappa shape index (κ1) is 16.0. The van der Waals surface area contributed by atoms with Crippen molar-refractivity contribution >= 4 is 45.8 Å². The highest BCUT2D eigenvalue weighted by Crippen LogP contribution is 2.35. The molecule has 0 saturated heterocycles. The molecule has 0 radical (unpaired) electrons. The number of nitrogens with zero attached hydrogens (tertiary/aromatic N) is 4. The Balaban J connectivity index is 1.85. The van der Waals surface area contributed by atoms with Gasteiger partial charge in [-0.05, 0) is 25.1 Å². The van der Waals surface area contributed by atoms with E-state index in [0.717, 1.165) is 10.0 Å². The number of hydrazone groups is 1. The molecule has 0 aliphatic carbocycles. The van der Waals surface area contributed by atoms with Gasteiger partial charge in [0.2, 0.25) is 0 Å². The standard InChI is InChI=1S/C17H10N4O4S/c1-9-19-10(8-26-9)7-18-20-16(22)12-4-2-3-11-14(21(24)25)6-5-13(15(11)12)17(20)23/h2-8H,1H3/b18-7-. The smallest absolute Gasteiger partial charge is 0.267 e. The van der Waals surface area contributed by atoms with Crippen LogP contribution in [0.3, 0.4) is 0 Å². The van der Waals surface area contributed by atoms with Crippen LogP contribution in [0.5, 0.6) is 0 Å². The van der Waals surface area contributed by atoms with Gasteiger partial charge in [-0.15, -0.1) is 11.3 Å². The maximum absolute atomic E-state index is 12.7. The third kappa shape index (κ3) is 2.37. The summed E-state index contributed by atoms with van der Waals surface area (Å²) in [7, 11) is 0. The average molecular weight is 366 g/mol. The van der Waals surface area contributed by atoms with E-state index in [2.05, 4.69) is 10.1 Å². The number of imide groups is 1. The number of nitro groups is 1. The van der Waals surface area contributed by atoms with Crippen molar-refractivity contribution in [3.05, 3.63) is 67.7 Å². The van der Waals surface area contributed by atoms with Gasteiger partial charge in [0.05, 0.1) is 38.4 Å². The van der Waals surface area contributed by atoms with Crippen LogP contribution in [0.1, 0.15) is 31.4 Å². The van der Waals surface area contributed by atoms with Gasteiger partial charge in [-0.2, -0.15) is 10.1 Å². The van der Waals surface area contributed by atoms with Crippen LogP contribution in [0.25, 0.3) is 10.8 Å². The average Bonchev–Trinajstić information content (AvgIpc) is 3.04. The monoisotopic (exact) mass is 366 g/mol. The van der Waals surface area contributed by atoms with E-state index in [1.165, 1.54) is 41.8 Å². The van der Waals surface area contributed by atoms with Gasteiger partial charge < -0.3 is 0 Å². The Kier molecular flexibility index (Phi) is 3.58. The summed E-state index contributed by atoms with van der Waals surface area (Å²) in [6.45, 7) is 1.84. The van der Waals surface area contributed by atoms with Gasteiger partial charge in [-0.1, -0.05) is 6.07 Å². The van der Waals surface area contributed by atoms with E-state index in [0.29, 0.717) is 5.69 Å². The maximum Gasteiger partial charge on any atom is 0.282 e. The highest BCUT2D eigenvalue weighted by molar-refractivity contribution is 7.09. The van der Waals surface area contributed by atoms with Crippen LogP contribution >= 0.6 is 11.3 Å². The van der Waals surface area contributed by atoms with Crippen molar-refractivity contribution in [1.82, 2.24) is 9.99 Å². The van der Waals surface area contributed by atoms with E-state index in [1.807, 2.05) is 6.92 Å². The molecule has 2 aromatic carbocycles. The zero-order chi connectivity index (χ0) is 18.4. The molecule has 0 fully saturated rings. The fourth-order valence-corrected chi connectivity index (χ4v) is 3.45. The Bertz CT molecular complexity index is 1110. The van der Waals surface area contributed by atoms with E-state index in [9.17, 15) is 19.7 Å². The number of rotatable bonds is 3. The number of non-ortho nitro benzene ring substituents is 1. The van der Waals surface area contributed by atoms with E-state index in [4.69, 9.17) is 0 Å². The fraction of sp³-hybridized carbons (Fsp3) is 0.0588. The lowest BCUT2D eigenvalue weighted by Crippen LogP contribution is -2.36. The second kappa shape index (κ2) is 5.81. The summed E-state index contributed by atoms with van der Waals surface area (Å²) in [5.74, 6) is -1.26. The van der Waals surface area contributed by atoms with Crippen molar-refractivity contribution in [2.45, 2.75) is 6.92 Å². The summed E-state index contributed by atoms with van der Waals surface area (Å²) in [6, 6.07) is 7.22. The minimum Gasteiger partial charge on any atom is -0.267 e. The number of aryl methyl sites for hydroxylation is 1. The Morgan fingerprint density at radius 1 is 1.19 bits per heavy atom. The van der Waals surface area contributed by atoms with Crippen LogP contribution < -0.4 is 0 Å². The molecule has 9 heteroatoms. The van der Waals surface area contributed by atoms with Gasteiger partial charge in [0, 0.05) is 16.8 Å². The fourth-order valence-electron chi connectivity index (χ4n) is 2.89. The molecule has 4 rings (SSSR count). The third-order valence-corrected chi connectivity index (χ3v) is 4.79. The summed E-state index contributed by atoms with van der Waals surface area (Å²) < 4.78 is 0. The van der Waals surface area contributed by atoms with Gasteiger partial charge in [0.25, 0.3) is 17.5 Å². The van der Waals surface area contributed by atoms with Crippen LogP contribution in [0.4, 0.5) is 5.69 Å². The number of amides is 2. The van der Waals surface area contributed by atoms with Crippen LogP contribution in [-0.2, 0) is 0 Å². The number of carbonyl (C=O) groups is 2. The van der Waals surface area contributed by atoms with Crippen molar-refractivity contribution in [2.24, 2.45) is 5.10 Å². The molecule has 2 amide bonds. The molecular weight excluding hydrogens is 356 g/mol. The molecule has 0 N–H and O–H groups in total. The minimum absolute atomic E-state index is 0.152. The van der Waals surface area contributed by atoms with Crippen LogP contribution in [-0.4, -0.2) is 32.9 Å². The molecular formula is C17H10N4O4S. The number of nitro benzene ring substituents is 1. The number of hydrogen-bond acceptors (Lipinski definition) is 7. The molecule has 0 saturated carbocycles. The topological polar surface area (TPSA) is 106 Å². The Hall–Kier alpha value is -3.46. The molecule has 2 heterocycles. The van der Waals surface area contributed by atoms with E-state index in [1.54, 1.807) is 11.4 Å². The lowest BCUT2D eigenvalue weighted by molar-refractivity contribution is -0.383.